The summed E-state index contributed by atoms with van der Waals surface area (Å²) < 4.78 is 75.7. The van der Waals surface area contributed by atoms with Gasteiger partial charge in [-0.1, -0.05) is 0 Å². The van der Waals surface area contributed by atoms with Crippen LogP contribution in [0, 0.1) is 0 Å². The molecule has 0 atom stereocenters. The third-order valence-corrected chi connectivity index (χ3v) is 1.42. The standard InChI is InChI=1S/C7H6F6N2O/c8-6(9,10)3-16-4-15-2-1-5(14-15)7(11,12)13/h1-2H,3-4H2. The van der Waals surface area contributed by atoms with Gasteiger partial charge in [0.2, 0.25) is 0 Å². The summed E-state index contributed by atoms with van der Waals surface area (Å²) in [6, 6.07) is 0.650. The second-order valence-corrected chi connectivity index (χ2v) is 2.83. The summed E-state index contributed by atoms with van der Waals surface area (Å²) in [5, 5.41) is 3.00. The molecule has 0 aliphatic heterocycles. The Kier molecular flexibility index (Phi) is 3.46. The lowest BCUT2D eigenvalue weighted by molar-refractivity contribution is -0.183. The normalized spacial score (nSPS) is 13.1. The van der Waals surface area contributed by atoms with Crippen LogP contribution in [0.5, 0.6) is 0 Å². The summed E-state index contributed by atoms with van der Waals surface area (Å²) in [6.07, 6.45) is -8.24. The van der Waals surface area contributed by atoms with Crippen LogP contribution in [0.2, 0.25) is 0 Å². The lowest BCUT2D eigenvalue weighted by atomic mass is 10.4. The van der Waals surface area contributed by atoms with E-state index in [1.165, 1.54) is 0 Å². The number of nitrogens with zero attached hydrogens (tertiary/aromatic N) is 2. The number of rotatable bonds is 3. The Bertz CT molecular complexity index is 341. The third-order valence-electron chi connectivity index (χ3n) is 1.42. The summed E-state index contributed by atoms with van der Waals surface area (Å²) in [5.74, 6) is 0. The van der Waals surface area contributed by atoms with Gasteiger partial charge in [0.05, 0.1) is 0 Å². The van der Waals surface area contributed by atoms with Gasteiger partial charge in [-0.25, -0.2) is 4.68 Å². The van der Waals surface area contributed by atoms with Crippen molar-refractivity contribution in [3.8, 4) is 0 Å². The van der Waals surface area contributed by atoms with E-state index < -0.39 is 31.4 Å². The Morgan fingerprint density at radius 3 is 2.25 bits per heavy atom. The van der Waals surface area contributed by atoms with Crippen LogP contribution in [0.4, 0.5) is 26.3 Å². The predicted octanol–water partition coefficient (Wildman–Crippen LogP) is 2.44. The maximum atomic E-state index is 12.0. The molecule has 0 aromatic carbocycles. The fourth-order valence-corrected chi connectivity index (χ4v) is 0.840. The molecule has 0 fully saturated rings. The molecule has 0 amide bonds. The molecule has 0 unspecified atom stereocenters. The van der Waals surface area contributed by atoms with E-state index >= 15 is 0 Å². The lowest BCUT2D eigenvalue weighted by Crippen LogP contribution is -2.18. The minimum absolute atomic E-state index is 0.633. The van der Waals surface area contributed by atoms with Crippen LogP contribution in [0.1, 0.15) is 5.69 Å². The molecule has 0 radical (unpaired) electrons. The highest BCUT2D eigenvalue weighted by atomic mass is 19.4. The number of halogens is 6. The average molecular weight is 248 g/mol. The predicted molar refractivity (Wildman–Crippen MR) is 39.2 cm³/mol. The first-order valence-electron chi connectivity index (χ1n) is 3.93. The molecule has 0 saturated carbocycles. The van der Waals surface area contributed by atoms with Crippen molar-refractivity contribution in [3.63, 3.8) is 0 Å². The van der Waals surface area contributed by atoms with Gasteiger partial charge in [-0.2, -0.15) is 31.4 Å². The number of hydrogen-bond acceptors (Lipinski definition) is 2. The molecule has 16 heavy (non-hydrogen) atoms. The van der Waals surface area contributed by atoms with Crippen LogP contribution in [0.3, 0.4) is 0 Å². The Morgan fingerprint density at radius 1 is 1.19 bits per heavy atom. The summed E-state index contributed by atoms with van der Waals surface area (Å²) in [6.45, 7) is -2.22. The molecule has 3 nitrogen and oxygen atoms in total. The fraction of sp³-hybridized carbons (Fsp3) is 0.571. The van der Waals surface area contributed by atoms with Crippen LogP contribution in [0.25, 0.3) is 0 Å². The van der Waals surface area contributed by atoms with Crippen LogP contribution in [0.15, 0.2) is 12.3 Å². The minimum Gasteiger partial charge on any atom is -0.350 e. The van der Waals surface area contributed by atoms with Gasteiger partial charge in [-0.15, -0.1) is 0 Å². The SMILES string of the molecule is FC(F)(F)COCn1ccc(C(F)(F)F)n1. The van der Waals surface area contributed by atoms with Gasteiger partial charge in [0.15, 0.2) is 5.69 Å². The molecular formula is C7H6F6N2O. The number of aromatic nitrogens is 2. The summed E-state index contributed by atoms with van der Waals surface area (Å²) in [7, 11) is 0. The molecule has 0 aliphatic rings. The molecule has 0 spiro atoms. The van der Waals surface area contributed by atoms with E-state index in [1.54, 1.807) is 0 Å². The molecule has 9 heteroatoms. The molecule has 0 N–H and O–H groups in total. The summed E-state index contributed by atoms with van der Waals surface area (Å²) in [5.41, 5.74) is -1.18. The van der Waals surface area contributed by atoms with Crippen molar-refractivity contribution in [2.45, 2.75) is 19.1 Å². The van der Waals surface area contributed by atoms with Crippen LogP contribution in [-0.4, -0.2) is 22.6 Å². The average Bonchev–Trinajstić information content (AvgIpc) is 2.49. The second kappa shape index (κ2) is 4.32. The Labute approximate surface area is 85.6 Å². The third kappa shape index (κ3) is 4.09. The van der Waals surface area contributed by atoms with Crippen molar-refractivity contribution in [1.29, 1.82) is 0 Å². The molecule has 1 rings (SSSR count). The zero-order chi connectivity index (χ0) is 12.4. The van der Waals surface area contributed by atoms with Gasteiger partial charge in [-0.3, -0.25) is 0 Å². The molecule has 0 bridgehead atoms. The lowest BCUT2D eigenvalue weighted by Gasteiger charge is -2.07. The van der Waals surface area contributed by atoms with Crippen molar-refractivity contribution >= 4 is 0 Å². The molecule has 1 aromatic rings. The topological polar surface area (TPSA) is 27.1 Å². The fourth-order valence-electron chi connectivity index (χ4n) is 0.840. The number of alkyl halides is 6. The van der Waals surface area contributed by atoms with Gasteiger partial charge in [0.25, 0.3) is 0 Å². The van der Waals surface area contributed by atoms with Gasteiger partial charge >= 0.3 is 12.4 Å². The van der Waals surface area contributed by atoms with E-state index in [4.69, 9.17) is 0 Å². The monoisotopic (exact) mass is 248 g/mol. The largest absolute Gasteiger partial charge is 0.435 e. The molecule has 1 heterocycles. The van der Waals surface area contributed by atoms with Crippen LogP contribution < -0.4 is 0 Å². The van der Waals surface area contributed by atoms with Crippen molar-refractivity contribution < 1.29 is 31.1 Å². The quantitative estimate of drug-likeness (QED) is 0.768. The van der Waals surface area contributed by atoms with Crippen LogP contribution in [-0.2, 0) is 17.6 Å². The Hall–Kier alpha value is -1.25. The first kappa shape index (κ1) is 12.8. The summed E-state index contributed by atoms with van der Waals surface area (Å²) in [4.78, 5) is 0. The van der Waals surface area contributed by atoms with E-state index in [0.717, 1.165) is 6.20 Å². The number of hydrogen-bond donors (Lipinski definition) is 0. The Morgan fingerprint density at radius 2 is 1.81 bits per heavy atom. The first-order valence-corrected chi connectivity index (χ1v) is 3.93. The van der Waals surface area contributed by atoms with Crippen molar-refractivity contribution in [3.05, 3.63) is 18.0 Å². The van der Waals surface area contributed by atoms with Gasteiger partial charge in [0, 0.05) is 6.20 Å². The molecule has 1 aromatic heterocycles. The minimum atomic E-state index is -4.62. The molecule has 92 valence electrons. The van der Waals surface area contributed by atoms with Crippen LogP contribution >= 0.6 is 0 Å². The zero-order valence-corrected chi connectivity index (χ0v) is 7.64. The van der Waals surface area contributed by atoms with E-state index in [9.17, 15) is 26.3 Å². The van der Waals surface area contributed by atoms with E-state index in [0.29, 0.717) is 10.7 Å². The zero-order valence-electron chi connectivity index (χ0n) is 7.64. The van der Waals surface area contributed by atoms with Crippen molar-refractivity contribution in [1.82, 2.24) is 9.78 Å². The maximum absolute atomic E-state index is 12.0. The van der Waals surface area contributed by atoms with E-state index in [2.05, 4.69) is 9.84 Å². The van der Waals surface area contributed by atoms with Gasteiger partial charge in [-0.05, 0) is 6.07 Å². The van der Waals surface area contributed by atoms with E-state index in [1.807, 2.05) is 0 Å². The first-order chi connectivity index (χ1) is 7.18. The maximum Gasteiger partial charge on any atom is 0.435 e. The highest BCUT2D eigenvalue weighted by molar-refractivity contribution is 5.02. The van der Waals surface area contributed by atoms with Gasteiger partial charge < -0.3 is 4.74 Å². The van der Waals surface area contributed by atoms with Crippen molar-refractivity contribution in [2.75, 3.05) is 6.61 Å². The molecular weight excluding hydrogens is 242 g/mol. The smallest absolute Gasteiger partial charge is 0.350 e. The highest BCUT2D eigenvalue weighted by Gasteiger charge is 2.33. The second-order valence-electron chi connectivity index (χ2n) is 2.83. The molecule has 0 saturated heterocycles. The highest BCUT2D eigenvalue weighted by Crippen LogP contribution is 2.27. The molecule has 0 aliphatic carbocycles. The summed E-state index contributed by atoms with van der Waals surface area (Å²) >= 11 is 0. The van der Waals surface area contributed by atoms with Crippen molar-refractivity contribution in [2.24, 2.45) is 0 Å². The van der Waals surface area contributed by atoms with Gasteiger partial charge in [0.1, 0.15) is 13.3 Å². The van der Waals surface area contributed by atoms with E-state index in [-0.39, 0.29) is 0 Å². The number of ether oxygens (including phenoxy) is 1. The Balaban J connectivity index is 2.48.